The van der Waals surface area contributed by atoms with E-state index in [-0.39, 0.29) is 82.5 Å². The number of aliphatic imine (C=N–C) groups is 1. The second-order valence-corrected chi connectivity index (χ2v) is 25.4. The standard InChI is InChI=1S/C64H101N17O12S/c1-39(2)36-42(55(85)74-44(54(69)84)29-35-94-3)20-12-31-72-56(86)48(37-40-16-6-4-7-17-40)78-59(89)49(38-41-18-8-5-9-19-41)79-58(88)45(25-27-52(67)82)75-57(87)46(26-28-53(68)83)76-60(90)51-24-15-34-81(51)63(93)47(22-10-11-30-65)77-61(91)50-23-14-33-80(50)62(92)43(66)21-13-32-73-64(70)71/h4-9,16-19,39,42-51H,10-15,20-38,65-66H2,1-3H3,(H2,67,82)(H2,68,83)(H2,69,84)(H,72,86)(H,74,85)(H,75,87)(H,76,90)(H,77,91)(H,78,89)(H,79,88)(H4,70,71,73)/t42-,43+,44+,45+,46+,47+,48+,49+,50+,51+/m1/s1. The molecule has 2 saturated heterocycles. The number of amides is 12. The van der Waals surface area contributed by atoms with E-state index in [0.29, 0.717) is 87.6 Å². The third-order valence-electron chi connectivity index (χ3n) is 16.4. The van der Waals surface area contributed by atoms with Crippen molar-refractivity contribution in [3.05, 3.63) is 71.8 Å². The van der Waals surface area contributed by atoms with Gasteiger partial charge in [-0.3, -0.25) is 62.5 Å². The van der Waals surface area contributed by atoms with Crippen molar-refractivity contribution in [3.8, 4) is 0 Å². The van der Waals surface area contributed by atoms with Crippen molar-refractivity contribution in [2.45, 2.75) is 190 Å². The average Bonchev–Trinajstić information content (AvgIpc) is 1.65. The second-order valence-electron chi connectivity index (χ2n) is 24.4. The number of primary amides is 3. The van der Waals surface area contributed by atoms with Crippen LogP contribution in [0.3, 0.4) is 0 Å². The molecular formula is C64H101N17O12S. The van der Waals surface area contributed by atoms with Gasteiger partial charge in [-0.2, -0.15) is 11.8 Å². The van der Waals surface area contributed by atoms with Gasteiger partial charge in [0.25, 0.3) is 0 Å². The molecule has 29 nitrogen and oxygen atoms in total. The van der Waals surface area contributed by atoms with E-state index in [0.717, 1.165) is 0 Å². The molecule has 2 aliphatic heterocycles. The van der Waals surface area contributed by atoms with Gasteiger partial charge in [0.15, 0.2) is 5.96 Å². The maximum atomic E-state index is 14.7. The molecule has 520 valence electrons. The van der Waals surface area contributed by atoms with Gasteiger partial charge in [-0.15, -0.1) is 0 Å². The monoisotopic (exact) mass is 1330 g/mol. The highest BCUT2D eigenvalue weighted by Gasteiger charge is 2.42. The summed E-state index contributed by atoms with van der Waals surface area (Å²) < 4.78 is 0. The van der Waals surface area contributed by atoms with Crippen molar-refractivity contribution in [3.63, 3.8) is 0 Å². The highest BCUT2D eigenvalue weighted by Crippen LogP contribution is 2.24. The molecule has 0 aliphatic carbocycles. The lowest BCUT2D eigenvalue weighted by Gasteiger charge is -2.32. The maximum absolute atomic E-state index is 14.7. The molecule has 30 heteroatoms. The number of likely N-dealkylation sites (tertiary alicyclic amines) is 2. The van der Waals surface area contributed by atoms with E-state index >= 15 is 0 Å². The Hall–Kier alpha value is -8.38. The molecule has 10 atom stereocenters. The first-order valence-electron chi connectivity index (χ1n) is 32.5. The number of guanidine groups is 1. The normalized spacial score (nSPS) is 17.0. The minimum atomic E-state index is -1.60. The Labute approximate surface area is 554 Å². The van der Waals surface area contributed by atoms with E-state index in [1.807, 2.05) is 20.1 Å². The second kappa shape index (κ2) is 41.4. The fourth-order valence-corrected chi connectivity index (χ4v) is 11.9. The summed E-state index contributed by atoms with van der Waals surface area (Å²) in [6, 6.07) is 6.72. The number of carbonyl (C=O) groups is 12. The van der Waals surface area contributed by atoms with Gasteiger partial charge in [0.1, 0.15) is 48.3 Å². The molecule has 0 spiro atoms. The van der Waals surface area contributed by atoms with Gasteiger partial charge in [0, 0.05) is 57.8 Å². The van der Waals surface area contributed by atoms with E-state index in [4.69, 9.17) is 40.1 Å². The molecule has 94 heavy (non-hydrogen) atoms. The van der Waals surface area contributed by atoms with Gasteiger partial charge < -0.3 is 87.2 Å². The van der Waals surface area contributed by atoms with Crippen LogP contribution >= 0.6 is 11.8 Å². The SMILES string of the molecule is CSCC[C@H](NC(=O)[C@H](CCCNC(=O)[C@H](Cc1ccccc1)NC(=O)[C@H](Cc1ccccc1)NC(=O)[C@H](CCC(N)=O)NC(=O)[C@H](CCC(N)=O)NC(=O)[C@@H]1CCCN1C(=O)[C@H](CCCCN)NC(=O)[C@@H]1CCCN1C(=O)[C@@H](N)CCCN=C(N)N)CC(C)C)C(N)=O. The number of carbonyl (C=O) groups excluding carboxylic acids is 12. The molecule has 4 rings (SSSR count). The number of rotatable bonds is 43. The number of hydrogen-bond donors (Lipinski definition) is 14. The summed E-state index contributed by atoms with van der Waals surface area (Å²) in [4.78, 5) is 172. The van der Waals surface area contributed by atoms with Gasteiger partial charge in [-0.1, -0.05) is 74.5 Å². The van der Waals surface area contributed by atoms with E-state index in [1.54, 1.807) is 60.7 Å². The summed E-state index contributed by atoms with van der Waals surface area (Å²) in [7, 11) is 0. The van der Waals surface area contributed by atoms with E-state index < -0.39 is 145 Å². The smallest absolute Gasteiger partial charge is 0.245 e. The van der Waals surface area contributed by atoms with Crippen molar-refractivity contribution in [2.75, 3.05) is 44.7 Å². The van der Waals surface area contributed by atoms with Gasteiger partial charge >= 0.3 is 0 Å². The average molecular weight is 1330 g/mol. The lowest BCUT2D eigenvalue weighted by molar-refractivity contribution is -0.144. The zero-order valence-corrected chi connectivity index (χ0v) is 55.3. The first kappa shape index (κ1) is 78.1. The van der Waals surface area contributed by atoms with Crippen molar-refractivity contribution in [1.29, 1.82) is 0 Å². The van der Waals surface area contributed by atoms with Crippen molar-refractivity contribution in [2.24, 2.45) is 57.0 Å². The number of nitrogens with one attached hydrogen (secondary N) is 7. The number of hydrogen-bond acceptors (Lipinski definition) is 16. The summed E-state index contributed by atoms with van der Waals surface area (Å²) >= 11 is 1.52. The molecule has 0 aromatic heterocycles. The number of thioether (sulfide) groups is 1. The molecule has 2 fully saturated rings. The van der Waals surface area contributed by atoms with Crippen LogP contribution in [-0.2, 0) is 70.4 Å². The highest BCUT2D eigenvalue weighted by molar-refractivity contribution is 7.98. The predicted molar refractivity (Wildman–Crippen MR) is 356 cm³/mol. The van der Waals surface area contributed by atoms with Crippen molar-refractivity contribution >= 4 is 88.6 Å². The molecule has 12 amide bonds. The Kier molecular flexibility index (Phi) is 34.3. The van der Waals surface area contributed by atoms with Crippen LogP contribution in [-0.4, -0.2) is 186 Å². The minimum absolute atomic E-state index is 0.0197. The number of nitrogens with zero attached hydrogens (tertiary/aromatic N) is 3. The summed E-state index contributed by atoms with van der Waals surface area (Å²) in [6.07, 6.45) is 4.79. The molecule has 2 heterocycles. The lowest BCUT2D eigenvalue weighted by Crippen LogP contribution is -2.60. The Balaban J connectivity index is 1.55. The highest BCUT2D eigenvalue weighted by atomic mass is 32.2. The molecule has 21 N–H and O–H groups in total. The van der Waals surface area contributed by atoms with Crippen molar-refractivity contribution in [1.82, 2.24) is 47.0 Å². The Morgan fingerprint density at radius 1 is 0.543 bits per heavy atom. The van der Waals surface area contributed by atoms with E-state index in [9.17, 15) is 57.5 Å². The summed E-state index contributed by atoms with van der Waals surface area (Å²) in [5, 5.41) is 19.3. The predicted octanol–water partition coefficient (Wildman–Crippen LogP) is -1.80. The molecule has 2 aromatic rings. The van der Waals surface area contributed by atoms with E-state index in [1.165, 1.54) is 21.6 Å². The zero-order valence-electron chi connectivity index (χ0n) is 54.5. The minimum Gasteiger partial charge on any atom is -0.370 e. The summed E-state index contributed by atoms with van der Waals surface area (Å²) in [6.45, 7) is 4.97. The molecule has 0 saturated carbocycles. The van der Waals surface area contributed by atoms with Gasteiger partial charge in [-0.05, 0) is 132 Å². The molecular weight excluding hydrogens is 1230 g/mol. The van der Waals surface area contributed by atoms with Crippen LogP contribution in [0.2, 0.25) is 0 Å². The quantitative estimate of drug-likeness (QED) is 0.0198. The Bertz CT molecular complexity index is 2870. The lowest BCUT2D eigenvalue weighted by atomic mass is 9.91. The molecule has 2 aromatic carbocycles. The maximum Gasteiger partial charge on any atom is 0.245 e. The number of unbranched alkanes of at least 4 members (excludes halogenated alkanes) is 1. The molecule has 0 unspecified atom stereocenters. The van der Waals surface area contributed by atoms with Gasteiger partial charge in [0.05, 0.1) is 6.04 Å². The summed E-state index contributed by atoms with van der Waals surface area (Å²) in [5.74, 6) is -8.19. The molecule has 0 radical (unpaired) electrons. The summed E-state index contributed by atoms with van der Waals surface area (Å²) in [5.41, 5.74) is 40.9. The Morgan fingerprint density at radius 3 is 1.53 bits per heavy atom. The number of benzene rings is 2. The van der Waals surface area contributed by atoms with Crippen LogP contribution in [0.4, 0.5) is 0 Å². The van der Waals surface area contributed by atoms with E-state index in [2.05, 4.69) is 42.2 Å². The van der Waals surface area contributed by atoms with Gasteiger partial charge in [-0.25, -0.2) is 0 Å². The Morgan fingerprint density at radius 2 is 1.03 bits per heavy atom. The fraction of sp³-hybridized carbons (Fsp3) is 0.609. The number of nitrogens with two attached hydrogens (primary N) is 7. The van der Waals surface area contributed by atoms with Crippen molar-refractivity contribution < 1.29 is 57.5 Å². The zero-order chi connectivity index (χ0) is 69.3. The fourth-order valence-electron chi connectivity index (χ4n) is 11.4. The van der Waals surface area contributed by atoms with Crippen LogP contribution in [0.15, 0.2) is 65.7 Å². The largest absolute Gasteiger partial charge is 0.370 e. The topological polar surface area (TPSA) is 490 Å². The van der Waals surface area contributed by atoms with Crippen LogP contribution in [0.1, 0.15) is 134 Å². The van der Waals surface area contributed by atoms with Gasteiger partial charge in [0.2, 0.25) is 70.9 Å². The first-order chi connectivity index (χ1) is 44.8. The van der Waals surface area contributed by atoms with Crippen LogP contribution in [0, 0.1) is 11.8 Å². The van der Waals surface area contributed by atoms with Crippen LogP contribution < -0.4 is 77.4 Å². The first-order valence-corrected chi connectivity index (χ1v) is 33.9. The molecule has 0 bridgehead atoms. The third-order valence-corrected chi connectivity index (χ3v) is 17.0. The van der Waals surface area contributed by atoms with Crippen LogP contribution in [0.25, 0.3) is 0 Å². The third kappa shape index (κ3) is 27.3. The molecule has 2 aliphatic rings. The van der Waals surface area contributed by atoms with Crippen LogP contribution in [0.5, 0.6) is 0 Å².